The van der Waals surface area contributed by atoms with Crippen LogP contribution in [0.4, 0.5) is 0 Å². The van der Waals surface area contributed by atoms with Gasteiger partial charge in [0.05, 0.1) is 0 Å². The molecule has 3 heteroatoms. The Morgan fingerprint density at radius 2 is 2.71 bits per heavy atom. The van der Waals surface area contributed by atoms with E-state index in [1.54, 1.807) is 0 Å². The van der Waals surface area contributed by atoms with Crippen LogP contribution in [0.1, 0.15) is 6.92 Å². The Morgan fingerprint density at radius 1 is 2.00 bits per heavy atom. The van der Waals surface area contributed by atoms with Gasteiger partial charge in [-0.05, 0) is 10.7 Å². The molecule has 0 saturated carbocycles. The van der Waals surface area contributed by atoms with Gasteiger partial charge < -0.3 is 4.74 Å². The highest BCUT2D eigenvalue weighted by Gasteiger charge is 2.00. The largest absolute Gasteiger partial charge is 0.468 e. The van der Waals surface area contributed by atoms with Crippen molar-refractivity contribution in [2.45, 2.75) is 6.92 Å². The Hall–Kier alpha value is -0.310. The molecule has 7 heavy (non-hydrogen) atoms. The molecule has 0 aromatic rings. The topological polar surface area (TPSA) is 21.6 Å². The average Bonchev–Trinajstić information content (AvgIpc) is 1.87. The number of hydrogen-bond donors (Lipinski definition) is 0. The Labute approximate surface area is 45.3 Å². The molecule has 2 nitrogen and oxygen atoms in total. The zero-order chi connectivity index (χ0) is 5.28. The summed E-state index contributed by atoms with van der Waals surface area (Å²) in [7, 11) is -0.0872. The summed E-state index contributed by atoms with van der Waals surface area (Å²) < 4.78 is 8.96. The fraction of sp³-hybridized carbons (Fsp3) is 0.500. The minimum Gasteiger partial charge on any atom is -0.468 e. The maximum atomic E-state index is 4.96. The highest BCUT2D eigenvalue weighted by Crippen LogP contribution is 2.17. The first-order valence-electron chi connectivity index (χ1n) is 1.98. The number of rotatable bonds is 0. The van der Waals surface area contributed by atoms with Crippen LogP contribution in [-0.4, -0.2) is 17.7 Å². The molecule has 0 bridgehead atoms. The predicted octanol–water partition coefficient (Wildman–Crippen LogP) is 1.01. The Bertz CT molecular complexity index is 130. The second kappa shape index (κ2) is 1.66. The van der Waals surface area contributed by atoms with E-state index in [0.29, 0.717) is 5.94 Å². The van der Waals surface area contributed by atoms with Crippen LogP contribution in [0.25, 0.3) is 0 Å². The molecule has 0 saturated heterocycles. The van der Waals surface area contributed by atoms with Gasteiger partial charge in [0.2, 0.25) is 0 Å². The van der Waals surface area contributed by atoms with Crippen LogP contribution in [0, 0.1) is 0 Å². The summed E-state index contributed by atoms with van der Waals surface area (Å²) >= 11 is 0. The third-order valence-corrected chi connectivity index (χ3v) is 1.57. The molecule has 1 atom stereocenters. The summed E-state index contributed by atoms with van der Waals surface area (Å²) in [6.45, 7) is 1.85. The molecule has 1 aliphatic heterocycles. The Morgan fingerprint density at radius 3 is 2.86 bits per heavy atom. The van der Waals surface area contributed by atoms with Gasteiger partial charge >= 0.3 is 0 Å². The van der Waals surface area contributed by atoms with E-state index in [1.165, 1.54) is 0 Å². The van der Waals surface area contributed by atoms with E-state index in [1.807, 2.05) is 6.92 Å². The first-order chi connectivity index (χ1) is 3.29. The van der Waals surface area contributed by atoms with Crippen molar-refractivity contribution < 1.29 is 4.74 Å². The fourth-order valence-corrected chi connectivity index (χ4v) is 1.16. The van der Waals surface area contributed by atoms with Crippen LogP contribution in [-0.2, 0) is 4.74 Å². The molecule has 0 fully saturated rings. The van der Waals surface area contributed by atoms with Gasteiger partial charge in [-0.2, -0.15) is 4.40 Å². The molecule has 0 aromatic carbocycles. The van der Waals surface area contributed by atoms with Crippen LogP contribution in [0.15, 0.2) is 4.40 Å². The predicted molar refractivity (Wildman–Crippen MR) is 33.8 cm³/mol. The van der Waals surface area contributed by atoms with Crippen molar-refractivity contribution in [3.63, 3.8) is 0 Å². The molecule has 1 rings (SSSR count). The van der Waals surface area contributed by atoms with Crippen molar-refractivity contribution in [2.24, 2.45) is 4.40 Å². The van der Waals surface area contributed by atoms with E-state index in [0.717, 1.165) is 5.90 Å². The van der Waals surface area contributed by atoms with Crippen LogP contribution >= 0.6 is 10.7 Å². The van der Waals surface area contributed by atoms with Crippen molar-refractivity contribution in [1.82, 2.24) is 0 Å². The van der Waals surface area contributed by atoms with Crippen molar-refractivity contribution in [1.29, 1.82) is 0 Å². The molecule has 0 aromatic heterocycles. The summed E-state index contributed by atoms with van der Waals surface area (Å²) in [5.41, 5.74) is 0. The van der Waals surface area contributed by atoms with Gasteiger partial charge in [0.15, 0.2) is 5.90 Å². The molecular weight excluding hydrogens is 110 g/mol. The first-order valence-corrected chi connectivity index (χ1v) is 3.50. The molecule has 40 valence electrons. The van der Waals surface area contributed by atoms with Crippen molar-refractivity contribution >= 4 is 22.4 Å². The highest BCUT2D eigenvalue weighted by molar-refractivity contribution is 8.13. The summed E-state index contributed by atoms with van der Waals surface area (Å²) in [5.74, 6) is 5.17. The molecule has 0 spiro atoms. The Balaban J connectivity index is 2.67. The molecule has 1 unspecified atom stereocenters. The van der Waals surface area contributed by atoms with Gasteiger partial charge in [0.1, 0.15) is 5.94 Å². The summed E-state index contributed by atoms with van der Waals surface area (Å²) in [6.07, 6.45) is 0. The molecular formula is C4H7NOS. The van der Waals surface area contributed by atoms with Gasteiger partial charge in [-0.1, -0.05) is 5.87 Å². The van der Waals surface area contributed by atoms with Gasteiger partial charge in [0, 0.05) is 6.92 Å². The normalized spacial score (nSPS) is 29.3. The average molecular weight is 117 g/mol. The van der Waals surface area contributed by atoms with E-state index >= 15 is 0 Å². The van der Waals surface area contributed by atoms with E-state index < -0.39 is 0 Å². The lowest BCUT2D eigenvalue weighted by atomic mass is 10.8. The molecule has 0 aliphatic carbocycles. The molecule has 1 aliphatic rings. The van der Waals surface area contributed by atoms with Crippen LogP contribution in [0.3, 0.4) is 0 Å². The maximum absolute atomic E-state index is 4.96. The smallest absolute Gasteiger partial charge is 0.192 e. The second-order valence-electron chi connectivity index (χ2n) is 1.33. The zero-order valence-corrected chi connectivity index (χ0v) is 4.99. The monoisotopic (exact) mass is 117 g/mol. The molecule has 0 N–H and O–H groups in total. The fourth-order valence-electron chi connectivity index (χ4n) is 0.388. The van der Waals surface area contributed by atoms with Crippen LogP contribution in [0.5, 0.6) is 0 Å². The van der Waals surface area contributed by atoms with Crippen LogP contribution in [0.2, 0.25) is 0 Å². The van der Waals surface area contributed by atoms with Gasteiger partial charge in [-0.3, -0.25) is 0 Å². The van der Waals surface area contributed by atoms with Gasteiger partial charge in [-0.25, -0.2) is 0 Å². The quantitative estimate of drug-likeness (QED) is 0.434. The lowest BCUT2D eigenvalue weighted by Gasteiger charge is -1.86. The van der Waals surface area contributed by atoms with Gasteiger partial charge in [-0.15, -0.1) is 0 Å². The number of nitrogens with zero attached hydrogens (tertiary/aromatic N) is 1. The maximum Gasteiger partial charge on any atom is 0.192 e. The van der Waals surface area contributed by atoms with E-state index in [9.17, 15) is 0 Å². The number of ether oxygens (including phenoxy) is 1. The van der Waals surface area contributed by atoms with E-state index in [4.69, 9.17) is 4.74 Å². The van der Waals surface area contributed by atoms with Crippen LogP contribution < -0.4 is 0 Å². The lowest BCUT2D eigenvalue weighted by molar-refractivity contribution is 0.388. The standard InChI is InChI=1S/C4H7NOS/c1-4-5-7(2)3-6-4/h2-3H2,1H3. The SMILES string of the molecule is C=S1COC(C)=N1. The third-order valence-electron chi connectivity index (χ3n) is 0.662. The van der Waals surface area contributed by atoms with Gasteiger partial charge in [0.25, 0.3) is 0 Å². The summed E-state index contributed by atoms with van der Waals surface area (Å²) in [6, 6.07) is 0. The van der Waals surface area contributed by atoms with E-state index in [-0.39, 0.29) is 10.7 Å². The van der Waals surface area contributed by atoms with Crippen molar-refractivity contribution in [3.8, 4) is 0 Å². The zero-order valence-electron chi connectivity index (χ0n) is 4.18. The molecule has 0 radical (unpaired) electrons. The van der Waals surface area contributed by atoms with Crippen molar-refractivity contribution in [3.05, 3.63) is 0 Å². The number of hydrogen-bond acceptors (Lipinski definition) is 2. The summed E-state index contributed by atoms with van der Waals surface area (Å²) in [4.78, 5) is 0. The highest BCUT2D eigenvalue weighted by atomic mass is 32.2. The Kier molecular flexibility index (Phi) is 1.15. The molecule has 0 amide bonds. The minimum absolute atomic E-state index is 0.0872. The lowest BCUT2D eigenvalue weighted by Crippen LogP contribution is -1.87. The minimum atomic E-state index is -0.0872. The summed E-state index contributed by atoms with van der Waals surface area (Å²) in [5, 5.41) is 0. The first kappa shape index (κ1) is 4.84. The second-order valence-corrected chi connectivity index (χ2v) is 2.68. The molecule has 1 heterocycles. The van der Waals surface area contributed by atoms with Crippen molar-refractivity contribution in [2.75, 3.05) is 5.94 Å². The third kappa shape index (κ3) is 1.03. The van der Waals surface area contributed by atoms with E-state index in [2.05, 4.69) is 10.3 Å².